The van der Waals surface area contributed by atoms with Crippen LogP contribution in [0, 0.1) is 17.3 Å². The van der Waals surface area contributed by atoms with Crippen LogP contribution >= 0.6 is 23.2 Å². The van der Waals surface area contributed by atoms with E-state index in [4.69, 9.17) is 23.2 Å². The first-order chi connectivity index (χ1) is 4.87. The molecule has 4 heteroatoms. The van der Waals surface area contributed by atoms with E-state index in [9.17, 15) is 9.90 Å². The second-order valence-electron chi connectivity index (χ2n) is 2.75. The molecule has 0 bridgehead atoms. The molecule has 0 aliphatic heterocycles. The molecule has 2 nitrogen and oxygen atoms in total. The number of hydrogen-bond donors (Lipinski definition) is 0. The molecule has 11 heavy (non-hydrogen) atoms. The molecule has 1 saturated carbocycles. The third-order valence-electron chi connectivity index (χ3n) is 1.70. The third-order valence-corrected chi connectivity index (χ3v) is 2.80. The SMILES string of the molecule is CC1(C#CC(=O)[O-])CC1(Cl)Cl. The Kier molecular flexibility index (Phi) is 1.82. The van der Waals surface area contributed by atoms with Crippen LogP contribution in [0.3, 0.4) is 0 Å². The minimum atomic E-state index is -1.40. The van der Waals surface area contributed by atoms with Crippen molar-refractivity contribution in [2.45, 2.75) is 17.7 Å². The second-order valence-corrected chi connectivity index (χ2v) is 4.23. The smallest absolute Gasteiger partial charge is 0.136 e. The van der Waals surface area contributed by atoms with Gasteiger partial charge in [-0.25, -0.2) is 0 Å². The summed E-state index contributed by atoms with van der Waals surface area (Å²) in [7, 11) is 0. The molecule has 0 radical (unpaired) electrons. The van der Waals surface area contributed by atoms with Crippen molar-refractivity contribution in [1.82, 2.24) is 0 Å². The lowest BCUT2D eigenvalue weighted by atomic mass is 10.1. The van der Waals surface area contributed by atoms with E-state index in [1.165, 1.54) is 0 Å². The monoisotopic (exact) mass is 191 g/mol. The van der Waals surface area contributed by atoms with E-state index in [0.717, 1.165) is 0 Å². The molecule has 1 aliphatic carbocycles. The zero-order valence-electron chi connectivity index (χ0n) is 5.78. The lowest BCUT2D eigenvalue weighted by molar-refractivity contribution is -0.295. The Labute approximate surface area is 74.5 Å². The number of hydrogen-bond acceptors (Lipinski definition) is 2. The van der Waals surface area contributed by atoms with Crippen molar-refractivity contribution in [1.29, 1.82) is 0 Å². The summed E-state index contributed by atoms with van der Waals surface area (Å²) in [6.07, 6.45) is 0.503. The average molecular weight is 192 g/mol. The van der Waals surface area contributed by atoms with Crippen LogP contribution in [0.5, 0.6) is 0 Å². The number of aliphatic carboxylic acids is 1. The Balaban J connectivity index is 2.69. The molecule has 60 valence electrons. The summed E-state index contributed by atoms with van der Waals surface area (Å²) in [5.74, 6) is 2.94. The van der Waals surface area contributed by atoms with Crippen molar-refractivity contribution < 1.29 is 9.90 Å². The Morgan fingerprint density at radius 3 is 2.36 bits per heavy atom. The first-order valence-corrected chi connectivity index (χ1v) is 3.75. The van der Waals surface area contributed by atoms with E-state index >= 15 is 0 Å². The van der Waals surface area contributed by atoms with Gasteiger partial charge in [0.15, 0.2) is 0 Å². The van der Waals surface area contributed by atoms with E-state index in [0.29, 0.717) is 6.42 Å². The fourth-order valence-electron chi connectivity index (χ4n) is 0.724. The quantitative estimate of drug-likeness (QED) is 0.409. The Hall–Kier alpha value is -0.390. The van der Waals surface area contributed by atoms with Crippen LogP contribution in [0.4, 0.5) is 0 Å². The summed E-state index contributed by atoms with van der Waals surface area (Å²) in [6.45, 7) is 1.71. The van der Waals surface area contributed by atoms with E-state index in [-0.39, 0.29) is 0 Å². The maximum Gasteiger partial charge on any atom is 0.136 e. The lowest BCUT2D eigenvalue weighted by Crippen LogP contribution is -2.20. The first kappa shape index (κ1) is 8.70. The molecule has 0 heterocycles. The van der Waals surface area contributed by atoms with Crippen LogP contribution in [-0.2, 0) is 4.79 Å². The Morgan fingerprint density at radius 1 is 1.64 bits per heavy atom. The molecule has 0 aromatic rings. The van der Waals surface area contributed by atoms with Gasteiger partial charge in [-0.3, -0.25) is 0 Å². The van der Waals surface area contributed by atoms with Crippen molar-refractivity contribution in [3.05, 3.63) is 0 Å². The number of carboxylic acid groups (broad SMARTS) is 1. The molecule has 0 spiro atoms. The summed E-state index contributed by atoms with van der Waals surface area (Å²) < 4.78 is -0.880. The average Bonchev–Trinajstić information content (AvgIpc) is 2.29. The topological polar surface area (TPSA) is 40.1 Å². The largest absolute Gasteiger partial charge is 0.537 e. The summed E-state index contributed by atoms with van der Waals surface area (Å²) in [4.78, 5) is 9.91. The van der Waals surface area contributed by atoms with Crippen molar-refractivity contribution in [2.75, 3.05) is 0 Å². The molecule has 1 rings (SSSR count). The van der Waals surface area contributed by atoms with Gasteiger partial charge in [-0.1, -0.05) is 29.1 Å². The second kappa shape index (κ2) is 2.30. The molecule has 0 amide bonds. The number of halogens is 2. The van der Waals surface area contributed by atoms with Crippen LogP contribution in [0.1, 0.15) is 13.3 Å². The van der Waals surface area contributed by atoms with Crippen LogP contribution in [-0.4, -0.2) is 10.3 Å². The molecular formula is C7H5Cl2O2-. The van der Waals surface area contributed by atoms with Gasteiger partial charge in [0.25, 0.3) is 0 Å². The predicted molar refractivity (Wildman–Crippen MR) is 39.9 cm³/mol. The van der Waals surface area contributed by atoms with Gasteiger partial charge in [0, 0.05) is 6.42 Å². The first-order valence-electron chi connectivity index (χ1n) is 2.99. The zero-order valence-corrected chi connectivity index (χ0v) is 7.29. The summed E-state index contributed by atoms with van der Waals surface area (Å²) >= 11 is 11.4. The fraction of sp³-hybridized carbons (Fsp3) is 0.571. The number of rotatable bonds is 0. The third kappa shape index (κ3) is 1.61. The van der Waals surface area contributed by atoms with E-state index in [2.05, 4.69) is 5.92 Å². The van der Waals surface area contributed by atoms with Crippen molar-refractivity contribution in [2.24, 2.45) is 5.41 Å². The van der Waals surface area contributed by atoms with E-state index in [1.807, 2.05) is 5.92 Å². The van der Waals surface area contributed by atoms with Gasteiger partial charge in [-0.2, -0.15) is 0 Å². The number of carbonyl (C=O) groups excluding carboxylic acids is 1. The number of alkyl halides is 2. The highest BCUT2D eigenvalue weighted by molar-refractivity contribution is 6.51. The minimum absolute atomic E-state index is 0.503. The van der Waals surface area contributed by atoms with Gasteiger partial charge in [-0.05, 0) is 12.8 Å². The number of carboxylic acids is 1. The fourth-order valence-corrected chi connectivity index (χ4v) is 1.35. The molecule has 1 atom stereocenters. The summed E-state index contributed by atoms with van der Waals surface area (Å²) in [5.41, 5.74) is -0.573. The molecule has 0 N–H and O–H groups in total. The highest BCUT2D eigenvalue weighted by atomic mass is 35.5. The zero-order chi connectivity index (χ0) is 8.70. The maximum absolute atomic E-state index is 9.91. The molecule has 0 aromatic heterocycles. The highest BCUT2D eigenvalue weighted by Gasteiger charge is 2.62. The summed E-state index contributed by atoms with van der Waals surface area (Å²) in [5, 5.41) is 9.91. The van der Waals surface area contributed by atoms with Crippen LogP contribution in [0.25, 0.3) is 0 Å². The van der Waals surface area contributed by atoms with Gasteiger partial charge in [-0.15, -0.1) is 0 Å². The lowest BCUT2D eigenvalue weighted by Gasteiger charge is -2.00. The van der Waals surface area contributed by atoms with E-state index < -0.39 is 15.7 Å². The molecule has 1 aliphatic rings. The summed E-state index contributed by atoms with van der Waals surface area (Å²) in [6, 6.07) is 0. The Bertz CT molecular complexity index is 261. The van der Waals surface area contributed by atoms with Gasteiger partial charge < -0.3 is 9.90 Å². The van der Waals surface area contributed by atoms with Crippen LogP contribution in [0.2, 0.25) is 0 Å². The molecule has 0 saturated heterocycles. The highest BCUT2D eigenvalue weighted by Crippen LogP contribution is 2.63. The van der Waals surface area contributed by atoms with E-state index in [1.54, 1.807) is 6.92 Å². The van der Waals surface area contributed by atoms with Crippen LogP contribution < -0.4 is 5.11 Å². The molecule has 1 unspecified atom stereocenters. The minimum Gasteiger partial charge on any atom is -0.537 e. The van der Waals surface area contributed by atoms with Crippen LogP contribution in [0.15, 0.2) is 0 Å². The normalized spacial score (nSPS) is 31.9. The van der Waals surface area contributed by atoms with Crippen molar-refractivity contribution >= 4 is 29.2 Å². The molecule has 0 aromatic carbocycles. The number of carbonyl (C=O) groups is 1. The molecule has 1 fully saturated rings. The van der Waals surface area contributed by atoms with Gasteiger partial charge in [0.1, 0.15) is 10.3 Å². The Morgan fingerprint density at radius 2 is 2.09 bits per heavy atom. The van der Waals surface area contributed by atoms with Crippen molar-refractivity contribution in [3.8, 4) is 11.8 Å². The molecular weight excluding hydrogens is 187 g/mol. The van der Waals surface area contributed by atoms with Gasteiger partial charge in [0.2, 0.25) is 0 Å². The van der Waals surface area contributed by atoms with Crippen molar-refractivity contribution in [3.63, 3.8) is 0 Å². The standard InChI is InChI=1S/C7H6Cl2O2/c1-6(3-2-5(10)11)4-7(6,8)9/h4H2,1H3,(H,10,11)/p-1. The maximum atomic E-state index is 9.91. The van der Waals surface area contributed by atoms with Gasteiger partial charge in [0.05, 0.1) is 5.41 Å². The predicted octanol–water partition coefficient (Wildman–Crippen LogP) is 0.324. The van der Waals surface area contributed by atoms with Gasteiger partial charge >= 0.3 is 0 Å².